The lowest BCUT2D eigenvalue weighted by Crippen LogP contribution is -2.22. The van der Waals surface area contributed by atoms with Gasteiger partial charge in [-0.15, -0.1) is 0 Å². The number of carbonyl (C=O) groups is 1. The Morgan fingerprint density at radius 1 is 1.32 bits per heavy atom. The van der Waals surface area contributed by atoms with Gasteiger partial charge in [-0.3, -0.25) is 4.79 Å². The SMILES string of the molecule is Cc1cc(C)c(CN(C)CC2CC2C(=O)O)c(C)c1. The van der Waals surface area contributed by atoms with E-state index in [1.165, 1.54) is 22.3 Å². The van der Waals surface area contributed by atoms with E-state index in [1.54, 1.807) is 0 Å². The fourth-order valence-electron chi connectivity index (χ4n) is 2.95. The Bertz CT molecular complexity index is 473. The topological polar surface area (TPSA) is 40.5 Å². The van der Waals surface area contributed by atoms with E-state index in [2.05, 4.69) is 44.9 Å². The third-order valence-corrected chi connectivity index (χ3v) is 4.05. The highest BCUT2D eigenvalue weighted by Gasteiger charge is 2.43. The molecular weight excluding hydrogens is 238 g/mol. The molecule has 1 N–H and O–H groups in total. The summed E-state index contributed by atoms with van der Waals surface area (Å²) in [5.74, 6) is -0.405. The first-order valence-corrected chi connectivity index (χ1v) is 6.86. The molecule has 0 aromatic heterocycles. The van der Waals surface area contributed by atoms with E-state index in [-0.39, 0.29) is 5.92 Å². The Morgan fingerprint density at radius 2 is 1.89 bits per heavy atom. The average molecular weight is 261 g/mol. The highest BCUT2D eigenvalue weighted by molar-refractivity contribution is 5.73. The molecule has 0 aliphatic heterocycles. The Hall–Kier alpha value is -1.35. The lowest BCUT2D eigenvalue weighted by Gasteiger charge is -2.20. The maximum Gasteiger partial charge on any atom is 0.306 e. The molecule has 1 aromatic rings. The summed E-state index contributed by atoms with van der Waals surface area (Å²) in [4.78, 5) is 13.1. The molecule has 104 valence electrons. The molecule has 0 saturated heterocycles. The number of aryl methyl sites for hydroxylation is 3. The van der Waals surface area contributed by atoms with Crippen molar-refractivity contribution in [1.29, 1.82) is 0 Å². The Balaban J connectivity index is 1.96. The summed E-state index contributed by atoms with van der Waals surface area (Å²) < 4.78 is 0. The second-order valence-corrected chi connectivity index (χ2v) is 6.01. The number of rotatable bonds is 5. The number of hydrogen-bond acceptors (Lipinski definition) is 2. The van der Waals surface area contributed by atoms with Gasteiger partial charge in [-0.25, -0.2) is 0 Å². The van der Waals surface area contributed by atoms with Crippen molar-refractivity contribution in [3.63, 3.8) is 0 Å². The summed E-state index contributed by atoms with van der Waals surface area (Å²) in [5, 5.41) is 8.93. The first-order valence-electron chi connectivity index (χ1n) is 6.86. The second-order valence-electron chi connectivity index (χ2n) is 6.01. The first kappa shape index (κ1) is 14.1. The van der Waals surface area contributed by atoms with E-state index in [1.807, 2.05) is 0 Å². The van der Waals surface area contributed by atoms with Crippen LogP contribution in [0.25, 0.3) is 0 Å². The summed E-state index contributed by atoms with van der Waals surface area (Å²) in [5.41, 5.74) is 5.33. The van der Waals surface area contributed by atoms with Gasteiger partial charge < -0.3 is 10.0 Å². The van der Waals surface area contributed by atoms with Crippen LogP contribution in [-0.2, 0) is 11.3 Å². The van der Waals surface area contributed by atoms with Gasteiger partial charge in [0.25, 0.3) is 0 Å². The molecule has 1 fully saturated rings. The lowest BCUT2D eigenvalue weighted by atomic mass is 9.99. The van der Waals surface area contributed by atoms with Crippen LogP contribution in [0.4, 0.5) is 0 Å². The van der Waals surface area contributed by atoms with Gasteiger partial charge in [-0.2, -0.15) is 0 Å². The third kappa shape index (κ3) is 3.35. The van der Waals surface area contributed by atoms with Crippen LogP contribution in [0.2, 0.25) is 0 Å². The predicted octanol–water partition coefficient (Wildman–Crippen LogP) is 2.76. The molecule has 3 nitrogen and oxygen atoms in total. The van der Waals surface area contributed by atoms with Crippen molar-refractivity contribution in [1.82, 2.24) is 4.90 Å². The van der Waals surface area contributed by atoms with Gasteiger partial charge in [0, 0.05) is 13.1 Å². The molecule has 1 aliphatic rings. The third-order valence-electron chi connectivity index (χ3n) is 4.05. The van der Waals surface area contributed by atoms with Crippen molar-refractivity contribution < 1.29 is 9.90 Å². The first-order chi connectivity index (χ1) is 8.88. The molecule has 19 heavy (non-hydrogen) atoms. The molecule has 1 saturated carbocycles. The smallest absolute Gasteiger partial charge is 0.306 e. The van der Waals surface area contributed by atoms with Crippen molar-refractivity contribution in [3.8, 4) is 0 Å². The fraction of sp³-hybridized carbons (Fsp3) is 0.562. The molecule has 0 amide bonds. The van der Waals surface area contributed by atoms with Crippen LogP contribution < -0.4 is 0 Å². The van der Waals surface area contributed by atoms with E-state index in [0.29, 0.717) is 5.92 Å². The zero-order chi connectivity index (χ0) is 14.2. The van der Waals surface area contributed by atoms with Crippen LogP contribution in [0.3, 0.4) is 0 Å². The summed E-state index contributed by atoms with van der Waals surface area (Å²) in [6, 6.07) is 4.43. The maximum atomic E-state index is 10.8. The molecule has 2 atom stereocenters. The zero-order valence-corrected chi connectivity index (χ0v) is 12.2. The molecule has 0 radical (unpaired) electrons. The monoisotopic (exact) mass is 261 g/mol. The van der Waals surface area contributed by atoms with E-state index in [0.717, 1.165) is 19.5 Å². The van der Waals surface area contributed by atoms with Gasteiger partial charge in [-0.1, -0.05) is 17.7 Å². The minimum Gasteiger partial charge on any atom is -0.481 e. The van der Waals surface area contributed by atoms with Crippen LogP contribution in [0, 0.1) is 32.6 Å². The standard InChI is InChI=1S/C16H23NO2/c1-10-5-11(2)15(12(3)6-10)9-17(4)8-13-7-14(13)16(18)19/h5-6,13-14H,7-9H2,1-4H3,(H,18,19). The summed E-state index contributed by atoms with van der Waals surface area (Å²) in [7, 11) is 2.08. The molecule has 2 rings (SSSR count). The van der Waals surface area contributed by atoms with Gasteiger partial charge in [-0.05, 0) is 56.8 Å². The lowest BCUT2D eigenvalue weighted by molar-refractivity contribution is -0.138. The minimum atomic E-state index is -0.638. The summed E-state index contributed by atoms with van der Waals surface area (Å²) in [6.07, 6.45) is 0.839. The molecule has 0 heterocycles. The molecule has 0 bridgehead atoms. The fourth-order valence-corrected chi connectivity index (χ4v) is 2.95. The van der Waals surface area contributed by atoms with Gasteiger partial charge in [0.15, 0.2) is 0 Å². The zero-order valence-electron chi connectivity index (χ0n) is 12.2. The largest absolute Gasteiger partial charge is 0.481 e. The summed E-state index contributed by atoms with van der Waals surface area (Å²) >= 11 is 0. The molecule has 0 spiro atoms. The Kier molecular flexibility index (Phi) is 3.95. The van der Waals surface area contributed by atoms with Gasteiger partial charge in [0.1, 0.15) is 0 Å². The highest BCUT2D eigenvalue weighted by Crippen LogP contribution is 2.39. The maximum absolute atomic E-state index is 10.8. The molecule has 3 heteroatoms. The van der Waals surface area contributed by atoms with Crippen molar-refractivity contribution in [2.75, 3.05) is 13.6 Å². The van der Waals surface area contributed by atoms with E-state index in [4.69, 9.17) is 5.11 Å². The Morgan fingerprint density at radius 3 is 2.37 bits per heavy atom. The molecule has 2 unspecified atom stereocenters. The quantitative estimate of drug-likeness (QED) is 0.886. The van der Waals surface area contributed by atoms with Crippen molar-refractivity contribution in [2.45, 2.75) is 33.7 Å². The number of benzene rings is 1. The second kappa shape index (κ2) is 5.33. The van der Waals surface area contributed by atoms with Crippen molar-refractivity contribution in [2.24, 2.45) is 11.8 Å². The Labute approximate surface area is 115 Å². The number of carboxylic acids is 1. The number of aliphatic carboxylic acids is 1. The van der Waals surface area contributed by atoms with E-state index in [9.17, 15) is 4.79 Å². The normalized spacial score (nSPS) is 21.7. The number of carboxylic acid groups (broad SMARTS) is 1. The number of nitrogens with zero attached hydrogens (tertiary/aromatic N) is 1. The van der Waals surface area contributed by atoms with Gasteiger partial charge in [0.05, 0.1) is 5.92 Å². The van der Waals surface area contributed by atoms with Gasteiger partial charge >= 0.3 is 5.97 Å². The summed E-state index contributed by atoms with van der Waals surface area (Å²) in [6.45, 7) is 8.21. The van der Waals surface area contributed by atoms with Crippen LogP contribution in [-0.4, -0.2) is 29.6 Å². The molecular formula is C16H23NO2. The highest BCUT2D eigenvalue weighted by atomic mass is 16.4. The molecule has 1 aromatic carbocycles. The van der Waals surface area contributed by atoms with E-state index < -0.39 is 5.97 Å². The van der Waals surface area contributed by atoms with Crippen LogP contribution >= 0.6 is 0 Å². The number of hydrogen-bond donors (Lipinski definition) is 1. The van der Waals surface area contributed by atoms with E-state index >= 15 is 0 Å². The van der Waals surface area contributed by atoms with Crippen LogP contribution in [0.5, 0.6) is 0 Å². The van der Waals surface area contributed by atoms with Crippen molar-refractivity contribution >= 4 is 5.97 Å². The van der Waals surface area contributed by atoms with Gasteiger partial charge in [0.2, 0.25) is 0 Å². The predicted molar refractivity (Wildman–Crippen MR) is 76.2 cm³/mol. The average Bonchev–Trinajstić information content (AvgIpc) is 3.02. The van der Waals surface area contributed by atoms with Crippen LogP contribution in [0.15, 0.2) is 12.1 Å². The molecule has 1 aliphatic carbocycles. The minimum absolute atomic E-state index is 0.109. The van der Waals surface area contributed by atoms with Crippen molar-refractivity contribution in [3.05, 3.63) is 34.4 Å². The van der Waals surface area contributed by atoms with Crippen LogP contribution in [0.1, 0.15) is 28.7 Å².